The molecule has 3 aromatic rings. The summed E-state index contributed by atoms with van der Waals surface area (Å²) in [5.41, 5.74) is 2.43. The van der Waals surface area contributed by atoms with Gasteiger partial charge < -0.3 is 14.8 Å². The predicted molar refractivity (Wildman–Crippen MR) is 113 cm³/mol. The second-order valence-electron chi connectivity index (χ2n) is 7.20. The number of amides is 1. The first kappa shape index (κ1) is 19.9. The van der Waals surface area contributed by atoms with Crippen LogP contribution in [0.3, 0.4) is 0 Å². The lowest BCUT2D eigenvalue weighted by atomic mass is 10.0. The first-order valence-electron chi connectivity index (χ1n) is 9.80. The molecule has 0 radical (unpaired) electrons. The standard InChI is InChI=1S/C24H23FN2O3/c1-27(16-17-7-12-21-22(15-17)30-14-13-29-21)23(18-5-3-2-4-6-18)24(28)26-20-10-8-19(25)9-11-20/h2-12,15,23H,13-14,16H2,1H3,(H,26,28)/t23-/m0/s1. The second-order valence-corrected chi connectivity index (χ2v) is 7.20. The fraction of sp³-hybridized carbons (Fsp3) is 0.208. The SMILES string of the molecule is CN(Cc1ccc2c(c1)OCCO2)[C@H](C(=O)Nc1ccc(F)cc1)c1ccccc1. The fourth-order valence-corrected chi connectivity index (χ4v) is 3.55. The molecule has 154 valence electrons. The summed E-state index contributed by atoms with van der Waals surface area (Å²) in [6.45, 7) is 1.61. The lowest BCUT2D eigenvalue weighted by Crippen LogP contribution is -2.34. The number of hydrogen-bond acceptors (Lipinski definition) is 4. The molecule has 1 N–H and O–H groups in total. The van der Waals surface area contributed by atoms with Crippen LogP contribution in [-0.4, -0.2) is 31.1 Å². The number of nitrogens with zero attached hydrogens (tertiary/aromatic N) is 1. The van der Waals surface area contributed by atoms with Crippen LogP contribution in [0.25, 0.3) is 0 Å². The number of anilines is 1. The molecule has 0 aliphatic carbocycles. The van der Waals surface area contributed by atoms with E-state index in [4.69, 9.17) is 9.47 Å². The van der Waals surface area contributed by atoms with Crippen LogP contribution >= 0.6 is 0 Å². The summed E-state index contributed by atoms with van der Waals surface area (Å²) >= 11 is 0. The van der Waals surface area contributed by atoms with E-state index in [0.717, 1.165) is 22.6 Å². The molecule has 1 aliphatic heterocycles. The molecule has 1 atom stereocenters. The molecule has 1 amide bonds. The maximum atomic E-state index is 13.2. The molecule has 1 aliphatic rings. The van der Waals surface area contributed by atoms with Gasteiger partial charge in [0, 0.05) is 12.2 Å². The maximum absolute atomic E-state index is 13.2. The Morgan fingerprint density at radius 3 is 2.43 bits per heavy atom. The Bertz CT molecular complexity index is 1010. The predicted octanol–water partition coefficient (Wildman–Crippen LogP) is 4.41. The van der Waals surface area contributed by atoms with Crippen LogP contribution in [0.2, 0.25) is 0 Å². The van der Waals surface area contributed by atoms with Gasteiger partial charge in [0.25, 0.3) is 0 Å². The average Bonchev–Trinajstić information content (AvgIpc) is 2.76. The molecule has 0 spiro atoms. The number of hydrogen-bond donors (Lipinski definition) is 1. The summed E-state index contributed by atoms with van der Waals surface area (Å²) in [7, 11) is 1.90. The van der Waals surface area contributed by atoms with Crippen LogP contribution < -0.4 is 14.8 Å². The molecule has 30 heavy (non-hydrogen) atoms. The van der Waals surface area contributed by atoms with E-state index in [1.165, 1.54) is 12.1 Å². The largest absolute Gasteiger partial charge is 0.486 e. The Morgan fingerprint density at radius 2 is 1.70 bits per heavy atom. The van der Waals surface area contributed by atoms with E-state index in [0.29, 0.717) is 25.4 Å². The Morgan fingerprint density at radius 1 is 1.00 bits per heavy atom. The van der Waals surface area contributed by atoms with Gasteiger partial charge >= 0.3 is 0 Å². The number of rotatable bonds is 6. The van der Waals surface area contributed by atoms with Gasteiger partial charge in [-0.15, -0.1) is 0 Å². The van der Waals surface area contributed by atoms with E-state index < -0.39 is 6.04 Å². The number of fused-ring (bicyclic) bond motifs is 1. The molecule has 0 aromatic heterocycles. The summed E-state index contributed by atoms with van der Waals surface area (Å²) in [5.74, 6) is 0.927. The summed E-state index contributed by atoms with van der Waals surface area (Å²) < 4.78 is 24.5. The second kappa shape index (κ2) is 8.97. The van der Waals surface area contributed by atoms with Gasteiger partial charge in [-0.3, -0.25) is 9.69 Å². The highest BCUT2D eigenvalue weighted by Gasteiger charge is 2.26. The highest BCUT2D eigenvalue weighted by molar-refractivity contribution is 5.95. The van der Waals surface area contributed by atoms with E-state index >= 15 is 0 Å². The number of nitrogens with one attached hydrogen (secondary N) is 1. The zero-order valence-corrected chi connectivity index (χ0v) is 16.7. The van der Waals surface area contributed by atoms with Crippen LogP contribution in [0, 0.1) is 5.82 Å². The Labute approximate surface area is 175 Å². The Kier molecular flexibility index (Phi) is 5.95. The van der Waals surface area contributed by atoms with Crippen LogP contribution in [0.5, 0.6) is 11.5 Å². The molecule has 6 heteroatoms. The first-order chi connectivity index (χ1) is 14.6. The zero-order chi connectivity index (χ0) is 20.9. The third-order valence-electron chi connectivity index (χ3n) is 4.95. The third-order valence-corrected chi connectivity index (χ3v) is 4.95. The molecule has 0 fully saturated rings. The molecule has 0 bridgehead atoms. The van der Waals surface area contributed by atoms with Crippen molar-refractivity contribution in [2.45, 2.75) is 12.6 Å². The number of halogens is 1. The van der Waals surface area contributed by atoms with Crippen LogP contribution in [0.4, 0.5) is 10.1 Å². The number of likely N-dealkylation sites (N-methyl/N-ethyl adjacent to an activating group) is 1. The van der Waals surface area contributed by atoms with Gasteiger partial charge in [-0.05, 0) is 54.6 Å². The molecule has 0 saturated heterocycles. The summed E-state index contributed by atoms with van der Waals surface area (Å²) in [5, 5.41) is 2.89. The van der Waals surface area contributed by atoms with Gasteiger partial charge in [0.2, 0.25) is 5.91 Å². The summed E-state index contributed by atoms with van der Waals surface area (Å²) in [4.78, 5) is 15.1. The van der Waals surface area contributed by atoms with E-state index in [9.17, 15) is 9.18 Å². The van der Waals surface area contributed by atoms with Crippen LogP contribution in [0.15, 0.2) is 72.8 Å². The van der Waals surface area contributed by atoms with Crippen molar-refractivity contribution in [3.05, 3.63) is 89.7 Å². The zero-order valence-electron chi connectivity index (χ0n) is 16.7. The van der Waals surface area contributed by atoms with E-state index in [1.54, 1.807) is 12.1 Å². The average molecular weight is 406 g/mol. The maximum Gasteiger partial charge on any atom is 0.246 e. The van der Waals surface area contributed by atoms with Gasteiger partial charge in [0.15, 0.2) is 11.5 Å². The minimum absolute atomic E-state index is 0.187. The topological polar surface area (TPSA) is 50.8 Å². The smallest absolute Gasteiger partial charge is 0.246 e. The fourth-order valence-electron chi connectivity index (χ4n) is 3.55. The molecule has 0 unspecified atom stereocenters. The number of carbonyl (C=O) groups is 1. The molecule has 0 saturated carbocycles. The van der Waals surface area contributed by atoms with Crippen LogP contribution in [0.1, 0.15) is 17.2 Å². The van der Waals surface area contributed by atoms with Crippen molar-refractivity contribution in [1.82, 2.24) is 4.90 Å². The van der Waals surface area contributed by atoms with Gasteiger partial charge in [0.05, 0.1) is 0 Å². The summed E-state index contributed by atoms with van der Waals surface area (Å²) in [6, 6.07) is 20.6. The number of ether oxygens (including phenoxy) is 2. The summed E-state index contributed by atoms with van der Waals surface area (Å²) in [6.07, 6.45) is 0. The van der Waals surface area contributed by atoms with E-state index in [1.807, 2.05) is 60.5 Å². The van der Waals surface area contributed by atoms with Gasteiger partial charge in [-0.2, -0.15) is 0 Å². The highest BCUT2D eigenvalue weighted by atomic mass is 19.1. The van der Waals surface area contributed by atoms with Crippen molar-refractivity contribution in [3.63, 3.8) is 0 Å². The molecule has 5 nitrogen and oxygen atoms in total. The normalized spacial score (nSPS) is 13.7. The molecule has 4 rings (SSSR count). The van der Waals surface area contributed by atoms with Crippen molar-refractivity contribution in [2.24, 2.45) is 0 Å². The van der Waals surface area contributed by atoms with Crippen molar-refractivity contribution in [2.75, 3.05) is 25.6 Å². The lowest BCUT2D eigenvalue weighted by Gasteiger charge is -2.28. The number of carbonyl (C=O) groups excluding carboxylic acids is 1. The van der Waals surface area contributed by atoms with Gasteiger partial charge in [-0.25, -0.2) is 4.39 Å². The van der Waals surface area contributed by atoms with Crippen LogP contribution in [-0.2, 0) is 11.3 Å². The number of benzene rings is 3. The van der Waals surface area contributed by atoms with Crippen molar-refractivity contribution in [3.8, 4) is 11.5 Å². The highest BCUT2D eigenvalue weighted by Crippen LogP contribution is 2.32. The van der Waals surface area contributed by atoms with Crippen molar-refractivity contribution in [1.29, 1.82) is 0 Å². The van der Waals surface area contributed by atoms with Gasteiger partial charge in [-0.1, -0.05) is 36.4 Å². The third kappa shape index (κ3) is 4.60. The van der Waals surface area contributed by atoms with Gasteiger partial charge in [0.1, 0.15) is 25.1 Å². The minimum Gasteiger partial charge on any atom is -0.486 e. The molecular formula is C24H23FN2O3. The van der Waals surface area contributed by atoms with E-state index in [-0.39, 0.29) is 11.7 Å². The lowest BCUT2D eigenvalue weighted by molar-refractivity contribution is -0.121. The molecule has 3 aromatic carbocycles. The van der Waals surface area contributed by atoms with Crippen molar-refractivity contribution < 1.29 is 18.7 Å². The molecular weight excluding hydrogens is 383 g/mol. The molecule has 1 heterocycles. The van der Waals surface area contributed by atoms with Crippen molar-refractivity contribution >= 4 is 11.6 Å². The monoisotopic (exact) mass is 406 g/mol. The minimum atomic E-state index is -0.524. The first-order valence-corrected chi connectivity index (χ1v) is 9.80. The van der Waals surface area contributed by atoms with E-state index in [2.05, 4.69) is 5.32 Å². The Hall–Kier alpha value is -3.38. The quantitative estimate of drug-likeness (QED) is 0.659. The Balaban J connectivity index is 1.56.